The molecule has 0 N–H and O–H groups in total. The largest absolute Gasteiger partial charge is 0.491 e. The zero-order valence-electron chi connectivity index (χ0n) is 33.9. The van der Waals surface area contributed by atoms with Crippen molar-refractivity contribution in [2.75, 3.05) is 44.3 Å². The van der Waals surface area contributed by atoms with Gasteiger partial charge in [-0.3, -0.25) is 4.90 Å². The van der Waals surface area contributed by atoms with Crippen LogP contribution in [0.4, 0.5) is 5.69 Å². The van der Waals surface area contributed by atoms with Gasteiger partial charge in [0.2, 0.25) is 5.79 Å². The normalized spacial score (nSPS) is 18.6. The number of imidazole rings is 1. The van der Waals surface area contributed by atoms with Gasteiger partial charge in [-0.05, 0) is 92.9 Å². The molecule has 0 aliphatic carbocycles. The van der Waals surface area contributed by atoms with Gasteiger partial charge >= 0.3 is 0 Å². The number of anilines is 1. The van der Waals surface area contributed by atoms with Crippen molar-refractivity contribution in [2.45, 2.75) is 67.9 Å². The molecule has 2 aliphatic heterocycles. The van der Waals surface area contributed by atoms with Gasteiger partial charge in [0.15, 0.2) is 0 Å². The maximum Gasteiger partial charge on any atom is 0.217 e. The van der Waals surface area contributed by atoms with E-state index in [0.717, 1.165) is 61.2 Å². The van der Waals surface area contributed by atoms with E-state index in [1.54, 1.807) is 41.1 Å². The molecule has 61 heavy (non-hydrogen) atoms. The Morgan fingerprint density at radius 2 is 1.57 bits per heavy atom. The van der Waals surface area contributed by atoms with E-state index in [1.165, 1.54) is 17.6 Å². The van der Waals surface area contributed by atoms with Crippen LogP contribution in [0.15, 0.2) is 121 Å². The van der Waals surface area contributed by atoms with Gasteiger partial charge in [0, 0.05) is 82.6 Å². The van der Waals surface area contributed by atoms with Crippen LogP contribution in [0.5, 0.6) is 5.75 Å². The molecule has 0 bridgehead atoms. The minimum atomic E-state index is -1.12. The quantitative estimate of drug-likeness (QED) is 0.0935. The summed E-state index contributed by atoms with van der Waals surface area (Å²) in [7, 11) is 0. The summed E-state index contributed by atoms with van der Waals surface area (Å²) >= 11 is 33.0. The van der Waals surface area contributed by atoms with Crippen molar-refractivity contribution in [3.63, 3.8) is 0 Å². The summed E-state index contributed by atoms with van der Waals surface area (Å²) < 4.78 is 22.5. The molecule has 0 saturated carbocycles. The highest BCUT2D eigenvalue weighted by atomic mass is 35.5. The predicted octanol–water partition coefficient (Wildman–Crippen LogP) is 11.1. The first kappa shape index (κ1) is 45.5. The Bertz CT molecular complexity index is 2240. The van der Waals surface area contributed by atoms with Crippen LogP contribution in [0, 0.1) is 0 Å². The number of hydrogen-bond donors (Lipinski definition) is 0. The lowest BCUT2D eigenvalue weighted by molar-refractivity contribution is -0.190. The lowest BCUT2D eigenvalue weighted by Crippen LogP contribution is -2.48. The van der Waals surface area contributed by atoms with E-state index in [-0.39, 0.29) is 6.10 Å². The Labute approximate surface area is 387 Å². The van der Waals surface area contributed by atoms with Crippen LogP contribution in [-0.4, -0.2) is 86.0 Å². The van der Waals surface area contributed by atoms with Crippen molar-refractivity contribution in [3.8, 4) is 5.75 Å². The van der Waals surface area contributed by atoms with Gasteiger partial charge in [0.05, 0.1) is 28.0 Å². The summed E-state index contributed by atoms with van der Waals surface area (Å²) in [5, 5.41) is 7.69. The van der Waals surface area contributed by atoms with E-state index in [9.17, 15) is 0 Å². The summed E-state index contributed by atoms with van der Waals surface area (Å²) in [6, 6.07) is 27.8. The molecule has 10 nitrogen and oxygen atoms in total. The smallest absolute Gasteiger partial charge is 0.217 e. The molecule has 2 aromatic heterocycles. The number of aromatic nitrogens is 5. The minimum Gasteiger partial charge on any atom is -0.491 e. The number of aryl methyl sites for hydroxylation is 1. The van der Waals surface area contributed by atoms with Crippen LogP contribution in [0.3, 0.4) is 0 Å². The van der Waals surface area contributed by atoms with Gasteiger partial charge < -0.3 is 23.7 Å². The van der Waals surface area contributed by atoms with Gasteiger partial charge in [0.1, 0.15) is 37.7 Å². The predicted molar refractivity (Wildman–Crippen MR) is 248 cm³/mol. The average Bonchev–Trinajstić information content (AvgIpc) is 4.06. The highest BCUT2D eigenvalue weighted by Gasteiger charge is 2.45. The molecule has 0 radical (unpaired) electrons. The molecule has 0 spiro atoms. The van der Waals surface area contributed by atoms with Crippen LogP contribution in [0.25, 0.3) is 0 Å². The third kappa shape index (κ3) is 12.6. The van der Waals surface area contributed by atoms with Crippen LogP contribution in [0.2, 0.25) is 25.1 Å². The van der Waals surface area contributed by atoms with Gasteiger partial charge in [-0.2, -0.15) is 5.10 Å². The number of benzene rings is 4. The molecule has 4 heterocycles. The first-order valence-corrected chi connectivity index (χ1v) is 22.9. The van der Waals surface area contributed by atoms with Crippen LogP contribution >= 0.6 is 69.8 Å². The Kier molecular flexibility index (Phi) is 16.2. The Balaban J connectivity index is 0.000000197. The van der Waals surface area contributed by atoms with Gasteiger partial charge in [-0.15, -0.1) is 11.8 Å². The van der Waals surface area contributed by atoms with Crippen molar-refractivity contribution >= 4 is 75.5 Å². The fourth-order valence-corrected chi connectivity index (χ4v) is 9.80. The third-order valence-electron chi connectivity index (χ3n) is 10.6. The van der Waals surface area contributed by atoms with E-state index in [2.05, 4.69) is 67.5 Å². The number of ether oxygens (including phenoxy) is 3. The molecule has 3 atom stereocenters. The van der Waals surface area contributed by atoms with E-state index >= 15 is 0 Å². The number of thioether (sulfide) groups is 1. The molecule has 16 heteroatoms. The lowest BCUT2D eigenvalue weighted by atomic mass is 10.1. The number of nitrogens with zero attached hydrogens (tertiary/aromatic N) is 7. The zero-order chi connectivity index (χ0) is 42.8. The lowest BCUT2D eigenvalue weighted by Gasteiger charge is -2.38. The third-order valence-corrected chi connectivity index (χ3v) is 13.6. The number of rotatable bonds is 15. The molecule has 4 aromatic carbocycles. The SMILES string of the molecule is CC(C)N1CCN(c2ccc(OC[C@H]3CO[C@](Cn4cncn4)(c4ccc(Cl)cc4Cl)O3)cc2)CC1.Clc1ccc(CCC(Cn2ccnc2)Sc2c(Cl)cccc2Cl)cc1. The summed E-state index contributed by atoms with van der Waals surface area (Å²) in [4.78, 5) is 14.0. The highest BCUT2D eigenvalue weighted by Crippen LogP contribution is 2.41. The molecule has 322 valence electrons. The van der Waals surface area contributed by atoms with Gasteiger partial charge in [0.25, 0.3) is 0 Å². The standard InChI is InChI=1S/C26H31Cl2N5O3.C19H17Cl3N2S/c1-19(2)31-9-11-32(12-10-31)21-4-6-22(7-5-21)34-14-23-15-35-26(36-23,16-33-18-29-17-30-33)24-8-3-20(27)13-25(24)28;20-15-7-4-14(5-8-15)6-9-16(12-24-11-10-23-13-24)25-19-17(21)2-1-3-18(19)22/h3-8,13,17-19,23H,9-12,14-16H2,1-2H3;1-5,7-8,10-11,13,16H,6,9,12H2/t23-,26-;/m0./s1. The van der Waals surface area contributed by atoms with Crippen molar-refractivity contribution in [1.29, 1.82) is 0 Å². The number of hydrogen-bond acceptors (Lipinski definition) is 9. The highest BCUT2D eigenvalue weighted by molar-refractivity contribution is 8.00. The van der Waals surface area contributed by atoms with Crippen molar-refractivity contribution in [1.82, 2.24) is 29.2 Å². The number of piperazine rings is 1. The molecule has 6 aromatic rings. The summed E-state index contributed by atoms with van der Waals surface area (Å²) in [6.45, 7) is 10.6. The van der Waals surface area contributed by atoms with Crippen molar-refractivity contribution in [2.24, 2.45) is 0 Å². The molecule has 2 aliphatic rings. The number of halogens is 5. The molecular weight excluding hydrogens is 896 g/mol. The topological polar surface area (TPSA) is 82.7 Å². The molecule has 2 fully saturated rings. The van der Waals surface area contributed by atoms with E-state index in [4.69, 9.17) is 72.2 Å². The fraction of sp³-hybridized carbons (Fsp3) is 0.356. The summed E-state index contributed by atoms with van der Waals surface area (Å²) in [5.74, 6) is -0.327. The maximum absolute atomic E-state index is 6.53. The van der Waals surface area contributed by atoms with Crippen molar-refractivity contribution < 1.29 is 14.2 Å². The first-order chi connectivity index (χ1) is 29.5. The minimum absolute atomic E-state index is 0.288. The second-order valence-electron chi connectivity index (χ2n) is 15.2. The van der Waals surface area contributed by atoms with E-state index < -0.39 is 5.79 Å². The van der Waals surface area contributed by atoms with Crippen molar-refractivity contribution in [3.05, 3.63) is 153 Å². The van der Waals surface area contributed by atoms with E-state index in [0.29, 0.717) is 56.7 Å². The van der Waals surface area contributed by atoms with Crippen LogP contribution in [0.1, 0.15) is 31.4 Å². The maximum atomic E-state index is 6.53. The monoisotopic (exact) mass is 941 g/mol. The average molecular weight is 944 g/mol. The first-order valence-electron chi connectivity index (χ1n) is 20.2. The Hall–Kier alpha value is -3.49. The molecule has 8 rings (SSSR count). The zero-order valence-corrected chi connectivity index (χ0v) is 38.5. The molecular formula is C45H48Cl5N7O3S. The molecule has 1 unspecified atom stereocenters. The second kappa shape index (κ2) is 21.7. The molecule has 2 saturated heterocycles. The Morgan fingerprint density at radius 3 is 2.23 bits per heavy atom. The summed E-state index contributed by atoms with van der Waals surface area (Å²) in [6.07, 6.45) is 10.4. The summed E-state index contributed by atoms with van der Waals surface area (Å²) in [5.41, 5.74) is 3.18. The Morgan fingerprint density at radius 1 is 0.836 bits per heavy atom. The van der Waals surface area contributed by atoms with Gasteiger partial charge in [-0.25, -0.2) is 14.6 Å². The fourth-order valence-electron chi connectivity index (χ4n) is 7.28. The molecule has 0 amide bonds. The van der Waals surface area contributed by atoms with Crippen LogP contribution < -0.4 is 9.64 Å². The van der Waals surface area contributed by atoms with Crippen LogP contribution in [-0.2, 0) is 34.8 Å². The second-order valence-corrected chi connectivity index (χ2v) is 18.6. The van der Waals surface area contributed by atoms with Gasteiger partial charge in [-0.1, -0.05) is 82.3 Å². The van der Waals surface area contributed by atoms with E-state index in [1.807, 2.05) is 61.1 Å².